The van der Waals surface area contributed by atoms with E-state index in [0.717, 1.165) is 5.69 Å². The summed E-state index contributed by atoms with van der Waals surface area (Å²) in [6, 6.07) is 15.2. The summed E-state index contributed by atoms with van der Waals surface area (Å²) < 4.78 is 5.35. The van der Waals surface area contributed by atoms with Crippen LogP contribution >= 0.6 is 0 Å². The zero-order chi connectivity index (χ0) is 19.9. The van der Waals surface area contributed by atoms with E-state index in [2.05, 4.69) is 5.32 Å². The monoisotopic (exact) mass is 383 g/mol. The minimum absolute atomic E-state index is 0.0468. The summed E-state index contributed by atoms with van der Waals surface area (Å²) >= 11 is 0. The maximum absolute atomic E-state index is 12.4. The number of likely N-dealkylation sites (tertiary alicyclic amines) is 1. The molecule has 0 unspecified atom stereocenters. The number of hydrogen-bond donors (Lipinski definition) is 1. The first-order valence-corrected chi connectivity index (χ1v) is 9.04. The van der Waals surface area contributed by atoms with Crippen LogP contribution in [-0.2, 0) is 9.59 Å². The molecule has 0 aromatic heterocycles. The molecule has 2 aromatic carbocycles. The number of nitro groups is 1. The molecule has 1 heterocycles. The number of carbonyl (C=O) groups excluding carboxylic acids is 2. The van der Waals surface area contributed by atoms with E-state index in [-0.39, 0.29) is 35.8 Å². The molecule has 1 aliphatic heterocycles. The number of anilines is 1. The van der Waals surface area contributed by atoms with Crippen LogP contribution in [0.5, 0.6) is 5.75 Å². The summed E-state index contributed by atoms with van der Waals surface area (Å²) in [5.74, 6) is -0.382. The number of hydrogen-bond acceptors (Lipinski definition) is 5. The fourth-order valence-corrected chi connectivity index (χ4v) is 3.12. The van der Waals surface area contributed by atoms with Crippen molar-refractivity contribution in [3.8, 4) is 5.75 Å². The topological polar surface area (TPSA) is 102 Å². The van der Waals surface area contributed by atoms with Crippen molar-refractivity contribution in [1.29, 1.82) is 0 Å². The molecule has 2 aromatic rings. The van der Waals surface area contributed by atoms with Crippen molar-refractivity contribution in [2.75, 3.05) is 25.0 Å². The second-order valence-electron chi connectivity index (χ2n) is 6.52. The number of ether oxygens (including phenoxy) is 1. The Balaban J connectivity index is 1.47. The van der Waals surface area contributed by atoms with Crippen molar-refractivity contribution in [2.45, 2.75) is 12.8 Å². The first-order chi connectivity index (χ1) is 13.5. The van der Waals surface area contributed by atoms with Gasteiger partial charge in [-0.3, -0.25) is 19.7 Å². The maximum atomic E-state index is 12.4. The Morgan fingerprint density at radius 3 is 2.39 bits per heavy atom. The summed E-state index contributed by atoms with van der Waals surface area (Å²) in [5, 5.41) is 13.9. The molecule has 0 atom stereocenters. The zero-order valence-corrected chi connectivity index (χ0v) is 15.2. The molecular weight excluding hydrogens is 362 g/mol. The van der Waals surface area contributed by atoms with Gasteiger partial charge < -0.3 is 15.0 Å². The van der Waals surface area contributed by atoms with Gasteiger partial charge in [0.1, 0.15) is 0 Å². The van der Waals surface area contributed by atoms with Crippen LogP contribution < -0.4 is 10.1 Å². The van der Waals surface area contributed by atoms with Crippen LogP contribution in [0.2, 0.25) is 0 Å². The van der Waals surface area contributed by atoms with Crippen molar-refractivity contribution in [3.63, 3.8) is 0 Å². The van der Waals surface area contributed by atoms with Crippen LogP contribution in [-0.4, -0.2) is 41.3 Å². The van der Waals surface area contributed by atoms with Crippen LogP contribution in [0.15, 0.2) is 54.6 Å². The van der Waals surface area contributed by atoms with Crippen molar-refractivity contribution >= 4 is 23.2 Å². The Hall–Kier alpha value is -3.42. The molecule has 0 aliphatic carbocycles. The lowest BCUT2D eigenvalue weighted by Crippen LogP contribution is -2.43. The Kier molecular flexibility index (Phi) is 6.21. The highest BCUT2D eigenvalue weighted by Gasteiger charge is 2.28. The van der Waals surface area contributed by atoms with Gasteiger partial charge in [-0.15, -0.1) is 0 Å². The minimum atomic E-state index is -0.545. The molecule has 1 fully saturated rings. The van der Waals surface area contributed by atoms with Crippen molar-refractivity contribution in [3.05, 3.63) is 64.7 Å². The summed E-state index contributed by atoms with van der Waals surface area (Å²) in [6.45, 7) is 0.629. The molecular formula is C20H21N3O5. The smallest absolute Gasteiger partial charge is 0.310 e. The first-order valence-electron chi connectivity index (χ1n) is 9.04. The predicted molar refractivity (Wildman–Crippen MR) is 103 cm³/mol. The summed E-state index contributed by atoms with van der Waals surface area (Å²) in [7, 11) is 0. The Labute approximate surface area is 162 Å². The number of piperidine rings is 1. The molecule has 8 heteroatoms. The lowest BCUT2D eigenvalue weighted by atomic mass is 9.95. The quantitative estimate of drug-likeness (QED) is 0.610. The molecule has 1 saturated heterocycles. The van der Waals surface area contributed by atoms with Crippen molar-refractivity contribution in [2.24, 2.45) is 5.92 Å². The first kappa shape index (κ1) is 19.3. The van der Waals surface area contributed by atoms with Gasteiger partial charge in [0.05, 0.1) is 4.92 Å². The summed E-state index contributed by atoms with van der Waals surface area (Å²) in [5.41, 5.74) is 0.579. The van der Waals surface area contributed by atoms with Crippen LogP contribution in [0.25, 0.3) is 0 Å². The van der Waals surface area contributed by atoms with E-state index in [9.17, 15) is 19.7 Å². The van der Waals surface area contributed by atoms with Crippen LogP contribution in [0.4, 0.5) is 11.4 Å². The van der Waals surface area contributed by atoms with Gasteiger partial charge in [0.15, 0.2) is 12.4 Å². The molecule has 28 heavy (non-hydrogen) atoms. The van der Waals surface area contributed by atoms with E-state index in [1.54, 1.807) is 11.0 Å². The molecule has 3 rings (SSSR count). The molecule has 8 nitrogen and oxygen atoms in total. The van der Waals surface area contributed by atoms with Gasteiger partial charge in [-0.1, -0.05) is 30.3 Å². The normalized spacial score (nSPS) is 14.4. The van der Waals surface area contributed by atoms with Crippen molar-refractivity contribution in [1.82, 2.24) is 4.90 Å². The Bertz CT molecular complexity index is 848. The largest absolute Gasteiger partial charge is 0.477 e. The lowest BCUT2D eigenvalue weighted by Gasteiger charge is -2.31. The van der Waals surface area contributed by atoms with Crippen LogP contribution in [0, 0.1) is 16.0 Å². The Morgan fingerprint density at radius 2 is 1.71 bits per heavy atom. The van der Waals surface area contributed by atoms with E-state index in [0.29, 0.717) is 25.9 Å². The average molecular weight is 383 g/mol. The number of nitro benzene ring substituents is 1. The molecule has 0 spiro atoms. The number of para-hydroxylation sites is 3. The third-order valence-corrected chi connectivity index (χ3v) is 4.67. The third kappa shape index (κ3) is 4.85. The molecule has 0 radical (unpaired) electrons. The molecule has 0 bridgehead atoms. The van der Waals surface area contributed by atoms with Gasteiger partial charge in [-0.2, -0.15) is 0 Å². The highest BCUT2D eigenvalue weighted by molar-refractivity contribution is 5.92. The number of nitrogens with zero attached hydrogens (tertiary/aromatic N) is 2. The van der Waals surface area contributed by atoms with Gasteiger partial charge in [-0.25, -0.2) is 0 Å². The van der Waals surface area contributed by atoms with E-state index >= 15 is 0 Å². The fraction of sp³-hybridized carbons (Fsp3) is 0.300. The molecule has 146 valence electrons. The SMILES string of the molecule is O=C(Nc1ccccc1)C1CCN(C(=O)COc2ccccc2[N+](=O)[O-])CC1. The minimum Gasteiger partial charge on any atom is -0.477 e. The van der Waals surface area contributed by atoms with E-state index in [4.69, 9.17) is 4.74 Å². The lowest BCUT2D eigenvalue weighted by molar-refractivity contribution is -0.385. The highest BCUT2D eigenvalue weighted by atomic mass is 16.6. The van der Waals surface area contributed by atoms with E-state index in [1.807, 2.05) is 30.3 Å². The average Bonchev–Trinajstić information content (AvgIpc) is 2.73. The van der Waals surface area contributed by atoms with Gasteiger partial charge in [0, 0.05) is 30.8 Å². The highest BCUT2D eigenvalue weighted by Crippen LogP contribution is 2.26. The van der Waals surface area contributed by atoms with Crippen molar-refractivity contribution < 1.29 is 19.2 Å². The maximum Gasteiger partial charge on any atom is 0.310 e. The van der Waals surface area contributed by atoms with Gasteiger partial charge in [-0.05, 0) is 31.0 Å². The standard InChI is InChI=1S/C20H21N3O5/c24-19(14-28-18-9-5-4-8-17(18)23(26)27)22-12-10-15(11-13-22)20(25)21-16-6-2-1-3-7-16/h1-9,15H,10-14H2,(H,21,25). The van der Waals surface area contributed by atoms with Crippen LogP contribution in [0.1, 0.15) is 12.8 Å². The fourth-order valence-electron chi connectivity index (χ4n) is 3.12. The number of benzene rings is 2. The number of rotatable bonds is 6. The number of amides is 2. The number of nitrogens with one attached hydrogen (secondary N) is 1. The molecule has 1 aliphatic rings. The van der Waals surface area contributed by atoms with Gasteiger partial charge in [0.25, 0.3) is 5.91 Å². The summed E-state index contributed by atoms with van der Waals surface area (Å²) in [4.78, 5) is 36.8. The van der Waals surface area contributed by atoms with E-state index in [1.165, 1.54) is 18.2 Å². The summed E-state index contributed by atoms with van der Waals surface area (Å²) in [6.07, 6.45) is 1.13. The van der Waals surface area contributed by atoms with Gasteiger partial charge in [0.2, 0.25) is 5.91 Å². The second kappa shape index (κ2) is 8.98. The molecule has 2 amide bonds. The zero-order valence-electron chi connectivity index (χ0n) is 15.2. The van der Waals surface area contributed by atoms with Crippen LogP contribution in [0.3, 0.4) is 0 Å². The molecule has 0 saturated carbocycles. The Morgan fingerprint density at radius 1 is 1.07 bits per heavy atom. The predicted octanol–water partition coefficient (Wildman–Crippen LogP) is 2.85. The third-order valence-electron chi connectivity index (χ3n) is 4.67. The number of carbonyl (C=O) groups is 2. The molecule has 1 N–H and O–H groups in total. The second-order valence-corrected chi connectivity index (χ2v) is 6.52. The van der Waals surface area contributed by atoms with Gasteiger partial charge >= 0.3 is 5.69 Å². The van der Waals surface area contributed by atoms with E-state index < -0.39 is 4.92 Å².